The van der Waals surface area contributed by atoms with Crippen LogP contribution < -0.4 is 5.73 Å². The molecule has 0 saturated heterocycles. The van der Waals surface area contributed by atoms with Crippen molar-refractivity contribution in [1.82, 2.24) is 9.78 Å². The molecule has 0 unspecified atom stereocenters. The lowest BCUT2D eigenvalue weighted by molar-refractivity contribution is 0.632. The highest BCUT2D eigenvalue weighted by atomic mass is 35.5. The monoisotopic (exact) mass is 281 g/mol. The highest BCUT2D eigenvalue weighted by Gasteiger charge is 2.07. The lowest BCUT2D eigenvalue weighted by atomic mass is 10.3. The lowest BCUT2D eigenvalue weighted by Crippen LogP contribution is -2.01. The van der Waals surface area contributed by atoms with E-state index in [4.69, 9.17) is 17.3 Å². The van der Waals surface area contributed by atoms with Crippen molar-refractivity contribution in [2.45, 2.75) is 31.0 Å². The third-order valence-electron chi connectivity index (χ3n) is 2.62. The Labute approximate surface area is 116 Å². The molecule has 0 amide bonds. The number of halogens is 1. The Morgan fingerprint density at radius 3 is 2.89 bits per heavy atom. The molecular weight excluding hydrogens is 266 g/mol. The standard InChI is InChI=1S/C13H16ClN3S/c1-3-17-11(6-9(2)16-17)8-18-13-7-10(15)4-5-12(13)14/h4-7H,3,8,15H2,1-2H3. The highest BCUT2D eigenvalue weighted by Crippen LogP contribution is 2.31. The number of rotatable bonds is 4. The summed E-state index contributed by atoms with van der Waals surface area (Å²) in [6, 6.07) is 7.66. The van der Waals surface area contributed by atoms with Gasteiger partial charge in [-0.1, -0.05) is 11.6 Å². The van der Waals surface area contributed by atoms with Gasteiger partial charge in [-0.05, 0) is 38.1 Å². The fraction of sp³-hybridized carbons (Fsp3) is 0.308. The molecule has 1 heterocycles. The molecule has 0 fully saturated rings. The van der Waals surface area contributed by atoms with Crippen LogP contribution in [-0.4, -0.2) is 9.78 Å². The van der Waals surface area contributed by atoms with E-state index in [-0.39, 0.29) is 0 Å². The first kappa shape index (κ1) is 13.3. The minimum Gasteiger partial charge on any atom is -0.399 e. The van der Waals surface area contributed by atoms with E-state index in [0.717, 1.165) is 33.6 Å². The molecule has 0 aliphatic heterocycles. The van der Waals surface area contributed by atoms with Gasteiger partial charge in [0.2, 0.25) is 0 Å². The van der Waals surface area contributed by atoms with E-state index in [9.17, 15) is 0 Å². The molecule has 0 spiro atoms. The number of nitrogens with zero attached hydrogens (tertiary/aromatic N) is 2. The highest BCUT2D eigenvalue weighted by molar-refractivity contribution is 7.98. The van der Waals surface area contributed by atoms with Crippen LogP contribution in [0.2, 0.25) is 5.02 Å². The number of anilines is 1. The molecule has 1 aromatic heterocycles. The molecule has 3 nitrogen and oxygen atoms in total. The fourth-order valence-electron chi connectivity index (χ4n) is 1.77. The Bertz CT molecular complexity index is 551. The summed E-state index contributed by atoms with van der Waals surface area (Å²) in [6.45, 7) is 4.98. The topological polar surface area (TPSA) is 43.8 Å². The number of aryl methyl sites for hydroxylation is 2. The maximum absolute atomic E-state index is 6.14. The quantitative estimate of drug-likeness (QED) is 0.686. The van der Waals surface area contributed by atoms with E-state index in [2.05, 4.69) is 18.1 Å². The molecular formula is C13H16ClN3S. The van der Waals surface area contributed by atoms with Gasteiger partial charge >= 0.3 is 0 Å². The van der Waals surface area contributed by atoms with Crippen LogP contribution in [0.1, 0.15) is 18.3 Å². The first-order chi connectivity index (χ1) is 8.60. The van der Waals surface area contributed by atoms with Crippen LogP contribution in [0.25, 0.3) is 0 Å². The molecule has 96 valence electrons. The van der Waals surface area contributed by atoms with Crippen LogP contribution in [-0.2, 0) is 12.3 Å². The van der Waals surface area contributed by atoms with E-state index in [0.29, 0.717) is 0 Å². The summed E-state index contributed by atoms with van der Waals surface area (Å²) in [5.41, 5.74) is 8.76. The van der Waals surface area contributed by atoms with E-state index >= 15 is 0 Å². The second kappa shape index (κ2) is 5.67. The molecule has 2 aromatic rings. The molecule has 0 aliphatic carbocycles. The summed E-state index contributed by atoms with van der Waals surface area (Å²) < 4.78 is 2.02. The van der Waals surface area contributed by atoms with Crippen LogP contribution in [0.15, 0.2) is 29.2 Å². The van der Waals surface area contributed by atoms with Gasteiger partial charge in [0.05, 0.1) is 10.7 Å². The number of aromatic nitrogens is 2. The summed E-state index contributed by atoms with van der Waals surface area (Å²) >= 11 is 7.83. The van der Waals surface area contributed by atoms with Crippen LogP contribution in [0.5, 0.6) is 0 Å². The molecule has 0 atom stereocenters. The van der Waals surface area contributed by atoms with E-state index in [1.165, 1.54) is 5.69 Å². The van der Waals surface area contributed by atoms with Gasteiger partial charge in [-0.3, -0.25) is 4.68 Å². The lowest BCUT2D eigenvalue weighted by Gasteiger charge is -2.06. The summed E-state index contributed by atoms with van der Waals surface area (Å²) in [7, 11) is 0. The van der Waals surface area contributed by atoms with Crippen molar-refractivity contribution in [3.63, 3.8) is 0 Å². The van der Waals surface area contributed by atoms with Gasteiger partial charge in [-0.15, -0.1) is 11.8 Å². The van der Waals surface area contributed by atoms with Gasteiger partial charge < -0.3 is 5.73 Å². The SMILES string of the molecule is CCn1nc(C)cc1CSc1cc(N)ccc1Cl. The van der Waals surface area contributed by atoms with Crippen LogP contribution >= 0.6 is 23.4 Å². The summed E-state index contributed by atoms with van der Waals surface area (Å²) in [5, 5.41) is 5.17. The molecule has 0 bridgehead atoms. The van der Waals surface area contributed by atoms with E-state index < -0.39 is 0 Å². The van der Waals surface area contributed by atoms with E-state index in [1.54, 1.807) is 11.8 Å². The number of hydrogen-bond donors (Lipinski definition) is 1. The van der Waals surface area contributed by atoms with Crippen LogP contribution in [0.4, 0.5) is 5.69 Å². The Hall–Kier alpha value is -1.13. The first-order valence-corrected chi connectivity index (χ1v) is 7.17. The Morgan fingerprint density at radius 2 is 2.17 bits per heavy atom. The first-order valence-electron chi connectivity index (χ1n) is 5.81. The summed E-state index contributed by atoms with van der Waals surface area (Å²) in [5.74, 6) is 0.845. The smallest absolute Gasteiger partial charge is 0.0596 e. The van der Waals surface area contributed by atoms with Gasteiger partial charge in [0.25, 0.3) is 0 Å². The molecule has 2 N–H and O–H groups in total. The zero-order valence-electron chi connectivity index (χ0n) is 10.5. The largest absolute Gasteiger partial charge is 0.399 e. The van der Waals surface area contributed by atoms with Gasteiger partial charge in [-0.25, -0.2) is 0 Å². The average Bonchev–Trinajstić information content (AvgIpc) is 2.71. The average molecular weight is 282 g/mol. The number of hydrogen-bond acceptors (Lipinski definition) is 3. The van der Waals surface area contributed by atoms with Crippen molar-refractivity contribution in [2.24, 2.45) is 0 Å². The molecule has 0 radical (unpaired) electrons. The van der Waals surface area contributed by atoms with Crippen LogP contribution in [0, 0.1) is 6.92 Å². The van der Waals surface area contributed by atoms with Crippen molar-refractivity contribution in [2.75, 3.05) is 5.73 Å². The molecule has 5 heteroatoms. The van der Waals surface area contributed by atoms with E-state index in [1.807, 2.05) is 29.8 Å². The minimum absolute atomic E-state index is 0.738. The van der Waals surface area contributed by atoms with Gasteiger partial charge in [-0.2, -0.15) is 5.10 Å². The Kier molecular flexibility index (Phi) is 4.19. The van der Waals surface area contributed by atoms with Crippen molar-refractivity contribution >= 4 is 29.1 Å². The second-order valence-corrected chi connectivity index (χ2v) is 5.50. The number of benzene rings is 1. The zero-order chi connectivity index (χ0) is 13.1. The second-order valence-electron chi connectivity index (χ2n) is 4.07. The third-order valence-corrected chi connectivity index (χ3v) is 4.15. The maximum atomic E-state index is 6.14. The summed E-state index contributed by atoms with van der Waals surface area (Å²) in [6.07, 6.45) is 0. The van der Waals surface area contributed by atoms with Crippen molar-refractivity contribution in [3.8, 4) is 0 Å². The van der Waals surface area contributed by atoms with Crippen molar-refractivity contribution in [3.05, 3.63) is 40.7 Å². The molecule has 1 aromatic carbocycles. The maximum Gasteiger partial charge on any atom is 0.0596 e. The van der Waals surface area contributed by atoms with Crippen molar-refractivity contribution < 1.29 is 0 Å². The van der Waals surface area contributed by atoms with Crippen LogP contribution in [0.3, 0.4) is 0 Å². The normalized spacial score (nSPS) is 10.8. The fourth-order valence-corrected chi connectivity index (χ4v) is 3.01. The van der Waals surface area contributed by atoms with Gasteiger partial charge in [0, 0.05) is 28.6 Å². The summed E-state index contributed by atoms with van der Waals surface area (Å²) in [4.78, 5) is 1.01. The van der Waals surface area contributed by atoms with Gasteiger partial charge in [0.1, 0.15) is 0 Å². The molecule has 0 saturated carbocycles. The predicted molar refractivity (Wildman–Crippen MR) is 78.1 cm³/mol. The molecule has 2 rings (SSSR count). The number of nitrogen functional groups attached to an aromatic ring is 1. The minimum atomic E-state index is 0.738. The number of thioether (sulfide) groups is 1. The predicted octanol–water partition coefficient (Wildman–Crippen LogP) is 3.74. The molecule has 18 heavy (non-hydrogen) atoms. The zero-order valence-corrected chi connectivity index (χ0v) is 12.1. The Balaban J connectivity index is 2.13. The molecule has 0 aliphatic rings. The third kappa shape index (κ3) is 3.00. The number of nitrogens with two attached hydrogens (primary N) is 1. The Morgan fingerprint density at radius 1 is 1.39 bits per heavy atom. The van der Waals surface area contributed by atoms with Gasteiger partial charge in [0.15, 0.2) is 0 Å². The van der Waals surface area contributed by atoms with Crippen molar-refractivity contribution in [1.29, 1.82) is 0 Å².